The van der Waals surface area contributed by atoms with E-state index in [0.29, 0.717) is 5.71 Å². The molecule has 0 saturated carbocycles. The summed E-state index contributed by atoms with van der Waals surface area (Å²) in [5, 5.41) is 7.13. The molecule has 0 aliphatic rings. The van der Waals surface area contributed by atoms with Gasteiger partial charge in [-0.1, -0.05) is 6.08 Å². The van der Waals surface area contributed by atoms with Crippen LogP contribution in [0.1, 0.15) is 6.92 Å². The third-order valence-electron chi connectivity index (χ3n) is 0.948. The first-order valence-corrected chi connectivity index (χ1v) is 3.00. The Bertz CT molecular complexity index is 107. The van der Waals surface area contributed by atoms with Gasteiger partial charge in [0.05, 0.1) is 0 Å². The molecular weight excluding hydrogens is 112 g/mol. The SMILES string of the molecule is C=CCN(C)CC(C)=N. The van der Waals surface area contributed by atoms with Crippen LogP contribution in [-0.4, -0.2) is 30.7 Å². The first-order chi connectivity index (χ1) is 4.16. The average molecular weight is 126 g/mol. The highest BCUT2D eigenvalue weighted by Gasteiger charge is 1.93. The van der Waals surface area contributed by atoms with Gasteiger partial charge in [-0.2, -0.15) is 0 Å². The molecule has 0 aliphatic heterocycles. The van der Waals surface area contributed by atoms with E-state index in [1.54, 1.807) is 6.92 Å². The molecule has 0 bridgehead atoms. The van der Waals surface area contributed by atoms with Crippen LogP contribution in [0, 0.1) is 5.41 Å². The molecule has 0 saturated heterocycles. The molecule has 0 rings (SSSR count). The molecule has 0 aromatic carbocycles. The Kier molecular flexibility index (Phi) is 3.97. The van der Waals surface area contributed by atoms with Gasteiger partial charge in [-0.25, -0.2) is 0 Å². The Morgan fingerprint density at radius 1 is 1.78 bits per heavy atom. The normalized spacial score (nSPS) is 9.67. The molecule has 0 amide bonds. The maximum absolute atomic E-state index is 7.13. The first kappa shape index (κ1) is 8.37. The van der Waals surface area contributed by atoms with Crippen molar-refractivity contribution in [2.45, 2.75) is 6.92 Å². The molecule has 0 spiro atoms. The molecule has 0 radical (unpaired) electrons. The summed E-state index contributed by atoms with van der Waals surface area (Å²) in [6.45, 7) is 7.00. The zero-order chi connectivity index (χ0) is 7.28. The molecule has 0 atom stereocenters. The van der Waals surface area contributed by atoms with E-state index in [4.69, 9.17) is 5.41 Å². The Labute approximate surface area is 56.7 Å². The Balaban J connectivity index is 3.37. The maximum Gasteiger partial charge on any atom is 0.0358 e. The van der Waals surface area contributed by atoms with E-state index >= 15 is 0 Å². The topological polar surface area (TPSA) is 27.1 Å². The number of nitrogens with zero attached hydrogens (tertiary/aromatic N) is 1. The average Bonchev–Trinajstić information content (AvgIpc) is 1.63. The minimum absolute atomic E-state index is 0.694. The van der Waals surface area contributed by atoms with Crippen molar-refractivity contribution in [2.75, 3.05) is 20.1 Å². The molecule has 0 aliphatic carbocycles. The third-order valence-corrected chi connectivity index (χ3v) is 0.948. The van der Waals surface area contributed by atoms with Gasteiger partial charge >= 0.3 is 0 Å². The van der Waals surface area contributed by atoms with Crippen molar-refractivity contribution in [1.82, 2.24) is 4.90 Å². The second kappa shape index (κ2) is 4.27. The van der Waals surface area contributed by atoms with Crippen molar-refractivity contribution in [3.8, 4) is 0 Å². The van der Waals surface area contributed by atoms with Crippen molar-refractivity contribution in [2.24, 2.45) is 0 Å². The van der Waals surface area contributed by atoms with Crippen molar-refractivity contribution in [3.63, 3.8) is 0 Å². The van der Waals surface area contributed by atoms with Crippen LogP contribution in [0.4, 0.5) is 0 Å². The van der Waals surface area contributed by atoms with Crippen molar-refractivity contribution in [3.05, 3.63) is 12.7 Å². The van der Waals surface area contributed by atoms with Crippen molar-refractivity contribution in [1.29, 1.82) is 5.41 Å². The molecule has 2 nitrogen and oxygen atoms in total. The second-order valence-electron chi connectivity index (χ2n) is 2.27. The number of hydrogen-bond acceptors (Lipinski definition) is 2. The summed E-state index contributed by atoms with van der Waals surface area (Å²) in [5.74, 6) is 0. The van der Waals surface area contributed by atoms with Gasteiger partial charge in [-0.05, 0) is 14.0 Å². The highest BCUT2D eigenvalue weighted by Crippen LogP contribution is 1.81. The molecule has 1 N–H and O–H groups in total. The van der Waals surface area contributed by atoms with E-state index in [-0.39, 0.29) is 0 Å². The maximum atomic E-state index is 7.13. The molecule has 9 heavy (non-hydrogen) atoms. The fraction of sp³-hybridized carbons (Fsp3) is 0.571. The number of likely N-dealkylation sites (N-methyl/N-ethyl adjacent to an activating group) is 1. The Hall–Kier alpha value is -0.630. The fourth-order valence-corrected chi connectivity index (χ4v) is 0.690. The minimum Gasteiger partial charge on any atom is -0.309 e. The zero-order valence-electron chi connectivity index (χ0n) is 6.15. The third kappa shape index (κ3) is 5.24. The van der Waals surface area contributed by atoms with Gasteiger partial charge in [0, 0.05) is 18.8 Å². The van der Waals surface area contributed by atoms with Crippen LogP contribution >= 0.6 is 0 Å². The molecular formula is C7H14N2. The van der Waals surface area contributed by atoms with Gasteiger partial charge in [0.15, 0.2) is 0 Å². The van der Waals surface area contributed by atoms with Gasteiger partial charge in [-0.15, -0.1) is 6.58 Å². The van der Waals surface area contributed by atoms with Crippen LogP contribution in [0.15, 0.2) is 12.7 Å². The van der Waals surface area contributed by atoms with Crippen LogP contribution < -0.4 is 0 Å². The van der Waals surface area contributed by atoms with Gasteiger partial charge in [0.25, 0.3) is 0 Å². The van der Waals surface area contributed by atoms with E-state index in [1.807, 2.05) is 18.0 Å². The van der Waals surface area contributed by atoms with Crippen LogP contribution in [0.2, 0.25) is 0 Å². The predicted molar refractivity (Wildman–Crippen MR) is 41.1 cm³/mol. The van der Waals surface area contributed by atoms with E-state index in [2.05, 4.69) is 6.58 Å². The molecule has 0 unspecified atom stereocenters. The van der Waals surface area contributed by atoms with Crippen LogP contribution in [-0.2, 0) is 0 Å². The Morgan fingerprint density at radius 2 is 2.33 bits per heavy atom. The smallest absolute Gasteiger partial charge is 0.0358 e. The highest BCUT2D eigenvalue weighted by molar-refractivity contribution is 5.80. The fourth-order valence-electron chi connectivity index (χ4n) is 0.690. The van der Waals surface area contributed by atoms with Crippen LogP contribution in [0.25, 0.3) is 0 Å². The van der Waals surface area contributed by atoms with E-state index in [0.717, 1.165) is 13.1 Å². The van der Waals surface area contributed by atoms with Crippen molar-refractivity contribution < 1.29 is 0 Å². The lowest BCUT2D eigenvalue weighted by Gasteiger charge is -2.11. The number of nitrogens with one attached hydrogen (secondary N) is 1. The Morgan fingerprint density at radius 3 is 2.67 bits per heavy atom. The summed E-state index contributed by atoms with van der Waals surface area (Å²) in [5.41, 5.74) is 0.694. The van der Waals surface area contributed by atoms with Gasteiger partial charge in [0.1, 0.15) is 0 Å². The van der Waals surface area contributed by atoms with Gasteiger partial charge in [0.2, 0.25) is 0 Å². The number of hydrogen-bond donors (Lipinski definition) is 1. The van der Waals surface area contributed by atoms with Gasteiger partial charge < -0.3 is 5.41 Å². The lowest BCUT2D eigenvalue weighted by molar-refractivity contribution is 0.423. The predicted octanol–water partition coefficient (Wildman–Crippen LogP) is 1.14. The molecule has 0 aromatic heterocycles. The summed E-state index contributed by atoms with van der Waals surface area (Å²) in [6, 6.07) is 0. The second-order valence-corrected chi connectivity index (χ2v) is 2.27. The van der Waals surface area contributed by atoms with Crippen LogP contribution in [0.5, 0.6) is 0 Å². The monoisotopic (exact) mass is 126 g/mol. The zero-order valence-corrected chi connectivity index (χ0v) is 6.15. The summed E-state index contributed by atoms with van der Waals surface area (Å²) in [6.07, 6.45) is 1.84. The molecule has 0 heterocycles. The summed E-state index contributed by atoms with van der Waals surface area (Å²) in [4.78, 5) is 2.04. The standard InChI is InChI=1S/C7H14N2/c1-4-5-9(3)6-7(2)8/h4,8H,1,5-6H2,2-3H3. The largest absolute Gasteiger partial charge is 0.309 e. The molecule has 52 valence electrons. The van der Waals surface area contributed by atoms with E-state index in [1.165, 1.54) is 0 Å². The first-order valence-electron chi connectivity index (χ1n) is 3.00. The molecule has 2 heteroatoms. The minimum atomic E-state index is 0.694. The molecule has 0 fully saturated rings. The van der Waals surface area contributed by atoms with Gasteiger partial charge in [-0.3, -0.25) is 4.90 Å². The lowest BCUT2D eigenvalue weighted by Crippen LogP contribution is -2.23. The van der Waals surface area contributed by atoms with E-state index < -0.39 is 0 Å². The molecule has 0 aromatic rings. The lowest BCUT2D eigenvalue weighted by atomic mass is 10.4. The van der Waals surface area contributed by atoms with E-state index in [9.17, 15) is 0 Å². The summed E-state index contributed by atoms with van der Waals surface area (Å²) >= 11 is 0. The highest BCUT2D eigenvalue weighted by atomic mass is 15.1. The number of rotatable bonds is 4. The van der Waals surface area contributed by atoms with Crippen LogP contribution in [0.3, 0.4) is 0 Å². The summed E-state index contributed by atoms with van der Waals surface area (Å²) in [7, 11) is 1.97. The van der Waals surface area contributed by atoms with Crippen molar-refractivity contribution >= 4 is 5.71 Å². The quantitative estimate of drug-likeness (QED) is 0.444. The summed E-state index contributed by atoms with van der Waals surface area (Å²) < 4.78 is 0.